The molecule has 8 heteroatoms. The number of nitrogens with zero attached hydrogens (tertiary/aromatic N) is 1. The maximum Gasteiger partial charge on any atom is 0.338 e. The summed E-state index contributed by atoms with van der Waals surface area (Å²) in [6.07, 6.45) is 0.641. The number of ether oxygens (including phenoxy) is 1. The lowest BCUT2D eigenvalue weighted by atomic mass is 10.0. The van der Waals surface area contributed by atoms with Crippen molar-refractivity contribution in [1.82, 2.24) is 9.62 Å². The van der Waals surface area contributed by atoms with Crippen molar-refractivity contribution >= 4 is 21.9 Å². The van der Waals surface area contributed by atoms with Gasteiger partial charge in [0.05, 0.1) is 10.5 Å². The normalized spacial score (nSPS) is 14.3. The van der Waals surface area contributed by atoms with Gasteiger partial charge in [-0.05, 0) is 49.6 Å². The van der Waals surface area contributed by atoms with E-state index in [0.717, 1.165) is 11.1 Å². The Kier molecular flexibility index (Phi) is 6.34. The number of carbonyl (C=O) groups excluding carboxylic acids is 2. The van der Waals surface area contributed by atoms with Gasteiger partial charge >= 0.3 is 5.97 Å². The predicted octanol–water partition coefficient (Wildman–Crippen LogP) is 2.11. The van der Waals surface area contributed by atoms with Crippen LogP contribution >= 0.6 is 0 Å². The van der Waals surface area contributed by atoms with E-state index in [1.54, 1.807) is 13.8 Å². The third-order valence-corrected chi connectivity index (χ3v) is 6.43. The van der Waals surface area contributed by atoms with E-state index in [4.69, 9.17) is 4.74 Å². The number of fused-ring (bicyclic) bond motifs is 1. The first-order valence-electron chi connectivity index (χ1n) is 9.41. The van der Waals surface area contributed by atoms with Crippen molar-refractivity contribution in [3.05, 3.63) is 65.2 Å². The van der Waals surface area contributed by atoms with Gasteiger partial charge in [0.1, 0.15) is 0 Å². The largest absolute Gasteiger partial charge is 0.452 e. The van der Waals surface area contributed by atoms with Crippen LogP contribution in [0, 0.1) is 0 Å². The van der Waals surface area contributed by atoms with Gasteiger partial charge in [0, 0.05) is 19.1 Å². The average Bonchev–Trinajstić information content (AvgIpc) is 2.71. The smallest absolute Gasteiger partial charge is 0.338 e. The van der Waals surface area contributed by atoms with Crippen LogP contribution in [0.5, 0.6) is 0 Å². The van der Waals surface area contributed by atoms with E-state index < -0.39 is 28.5 Å². The maximum absolute atomic E-state index is 13.1. The van der Waals surface area contributed by atoms with E-state index in [2.05, 4.69) is 5.32 Å². The molecule has 0 fully saturated rings. The van der Waals surface area contributed by atoms with Crippen LogP contribution in [-0.4, -0.2) is 43.8 Å². The van der Waals surface area contributed by atoms with Gasteiger partial charge in [0.15, 0.2) is 6.61 Å². The summed E-state index contributed by atoms with van der Waals surface area (Å²) in [5.74, 6) is -1.16. The SMILES string of the molecule is CC(C)NC(=O)COC(=O)c1cccc(S(=O)(=O)N2CCc3ccccc3C2)c1. The third-order valence-electron chi connectivity index (χ3n) is 4.59. The molecular formula is C21H24N2O5S. The van der Waals surface area contributed by atoms with Crippen molar-refractivity contribution in [1.29, 1.82) is 0 Å². The fourth-order valence-corrected chi connectivity index (χ4v) is 4.65. The molecule has 1 amide bonds. The van der Waals surface area contributed by atoms with Crippen molar-refractivity contribution in [2.75, 3.05) is 13.2 Å². The Labute approximate surface area is 170 Å². The highest BCUT2D eigenvalue weighted by Gasteiger charge is 2.28. The number of benzene rings is 2. The topological polar surface area (TPSA) is 92.8 Å². The van der Waals surface area contributed by atoms with Crippen molar-refractivity contribution in [2.45, 2.75) is 37.8 Å². The summed E-state index contributed by atoms with van der Waals surface area (Å²) in [5.41, 5.74) is 2.21. The summed E-state index contributed by atoms with van der Waals surface area (Å²) in [6, 6.07) is 13.4. The van der Waals surface area contributed by atoms with Crippen LogP contribution in [0.1, 0.15) is 35.3 Å². The molecule has 0 saturated carbocycles. The molecular weight excluding hydrogens is 392 g/mol. The fraction of sp³-hybridized carbons (Fsp3) is 0.333. The molecule has 0 saturated heterocycles. The van der Waals surface area contributed by atoms with E-state index >= 15 is 0 Å². The van der Waals surface area contributed by atoms with Crippen LogP contribution in [0.3, 0.4) is 0 Å². The Morgan fingerprint density at radius 3 is 2.55 bits per heavy atom. The van der Waals surface area contributed by atoms with Gasteiger partial charge < -0.3 is 10.1 Å². The van der Waals surface area contributed by atoms with Crippen LogP contribution in [0.15, 0.2) is 53.4 Å². The molecule has 1 N–H and O–H groups in total. The van der Waals surface area contributed by atoms with Crippen LogP contribution in [0.2, 0.25) is 0 Å². The molecule has 7 nitrogen and oxygen atoms in total. The Balaban J connectivity index is 1.73. The number of carbonyl (C=O) groups is 2. The van der Waals surface area contributed by atoms with Gasteiger partial charge in [-0.25, -0.2) is 13.2 Å². The quantitative estimate of drug-likeness (QED) is 0.728. The molecule has 3 rings (SSSR count). The highest BCUT2D eigenvalue weighted by Crippen LogP contribution is 2.25. The molecule has 0 aromatic heterocycles. The molecule has 0 spiro atoms. The number of nitrogens with one attached hydrogen (secondary N) is 1. The zero-order chi connectivity index (χ0) is 21.0. The van der Waals surface area contributed by atoms with Gasteiger partial charge in [-0.2, -0.15) is 4.31 Å². The second kappa shape index (κ2) is 8.75. The van der Waals surface area contributed by atoms with Gasteiger partial charge in [-0.1, -0.05) is 30.3 Å². The molecule has 0 atom stereocenters. The molecule has 29 heavy (non-hydrogen) atoms. The molecule has 1 aliphatic heterocycles. The zero-order valence-electron chi connectivity index (χ0n) is 16.4. The maximum atomic E-state index is 13.1. The van der Waals surface area contributed by atoms with E-state index in [0.29, 0.717) is 19.5 Å². The fourth-order valence-electron chi connectivity index (χ4n) is 3.19. The molecule has 0 aliphatic carbocycles. The summed E-state index contributed by atoms with van der Waals surface area (Å²) in [7, 11) is -3.76. The number of esters is 1. The Morgan fingerprint density at radius 2 is 1.83 bits per heavy atom. The molecule has 2 aromatic carbocycles. The lowest BCUT2D eigenvalue weighted by Crippen LogP contribution is -2.36. The zero-order valence-corrected chi connectivity index (χ0v) is 17.2. The summed E-state index contributed by atoms with van der Waals surface area (Å²) >= 11 is 0. The first-order chi connectivity index (χ1) is 13.8. The third kappa shape index (κ3) is 5.02. The first-order valence-corrected chi connectivity index (χ1v) is 10.8. The van der Waals surface area contributed by atoms with E-state index in [1.165, 1.54) is 28.6 Å². The summed E-state index contributed by atoms with van der Waals surface area (Å²) < 4.78 is 32.5. The van der Waals surface area contributed by atoms with Crippen molar-refractivity contribution in [2.24, 2.45) is 0 Å². The van der Waals surface area contributed by atoms with Crippen molar-refractivity contribution in [3.63, 3.8) is 0 Å². The average molecular weight is 416 g/mol. The Morgan fingerprint density at radius 1 is 1.10 bits per heavy atom. The van der Waals surface area contributed by atoms with Gasteiger partial charge in [-0.15, -0.1) is 0 Å². The van der Waals surface area contributed by atoms with Gasteiger partial charge in [0.25, 0.3) is 5.91 Å². The van der Waals surface area contributed by atoms with E-state index in [9.17, 15) is 18.0 Å². The second-order valence-electron chi connectivity index (χ2n) is 7.18. The molecule has 0 unspecified atom stereocenters. The number of sulfonamides is 1. The second-order valence-corrected chi connectivity index (χ2v) is 9.12. The van der Waals surface area contributed by atoms with Crippen LogP contribution in [-0.2, 0) is 32.5 Å². The molecule has 1 heterocycles. The minimum atomic E-state index is -3.76. The van der Waals surface area contributed by atoms with Gasteiger partial charge in [0.2, 0.25) is 10.0 Å². The lowest BCUT2D eigenvalue weighted by Gasteiger charge is -2.28. The number of hydrogen-bond donors (Lipinski definition) is 1. The highest BCUT2D eigenvalue weighted by molar-refractivity contribution is 7.89. The molecule has 1 aliphatic rings. The van der Waals surface area contributed by atoms with Crippen LogP contribution in [0.25, 0.3) is 0 Å². The summed E-state index contributed by atoms with van der Waals surface area (Å²) in [5, 5.41) is 2.62. The minimum Gasteiger partial charge on any atom is -0.452 e. The lowest BCUT2D eigenvalue weighted by molar-refractivity contribution is -0.124. The summed E-state index contributed by atoms with van der Waals surface area (Å²) in [4.78, 5) is 23.9. The van der Waals surface area contributed by atoms with E-state index in [-0.39, 0.29) is 16.5 Å². The molecule has 0 radical (unpaired) electrons. The number of hydrogen-bond acceptors (Lipinski definition) is 5. The Bertz CT molecular complexity index is 1020. The highest BCUT2D eigenvalue weighted by atomic mass is 32.2. The minimum absolute atomic E-state index is 0.0259. The monoisotopic (exact) mass is 416 g/mol. The first kappa shape index (κ1) is 21.0. The number of rotatable bonds is 6. The molecule has 2 aromatic rings. The number of amides is 1. The van der Waals surface area contributed by atoms with E-state index in [1.807, 2.05) is 24.3 Å². The van der Waals surface area contributed by atoms with Crippen molar-refractivity contribution in [3.8, 4) is 0 Å². The summed E-state index contributed by atoms with van der Waals surface area (Å²) in [6.45, 7) is 3.85. The predicted molar refractivity (Wildman–Crippen MR) is 108 cm³/mol. The molecule has 0 bridgehead atoms. The van der Waals surface area contributed by atoms with Crippen LogP contribution < -0.4 is 5.32 Å². The molecule has 154 valence electrons. The Hall–Kier alpha value is -2.71. The standard InChI is InChI=1S/C21H24N2O5S/c1-15(2)22-20(24)14-28-21(25)17-8-5-9-19(12-17)29(26,27)23-11-10-16-6-3-4-7-18(16)13-23/h3-9,12,15H,10-11,13-14H2,1-2H3,(H,22,24). The van der Waals surface area contributed by atoms with Crippen LogP contribution in [0.4, 0.5) is 0 Å². The van der Waals surface area contributed by atoms with Crippen molar-refractivity contribution < 1.29 is 22.7 Å². The van der Waals surface area contributed by atoms with Gasteiger partial charge in [-0.3, -0.25) is 4.79 Å².